The van der Waals surface area contributed by atoms with Crippen LogP contribution < -0.4 is 10.9 Å². The fourth-order valence-corrected chi connectivity index (χ4v) is 3.68. The van der Waals surface area contributed by atoms with Gasteiger partial charge in [-0.3, -0.25) is 14.5 Å². The van der Waals surface area contributed by atoms with Gasteiger partial charge in [0.25, 0.3) is 5.56 Å². The Hall–Kier alpha value is -2.06. The number of aryl methyl sites for hydroxylation is 1. The van der Waals surface area contributed by atoms with Crippen molar-refractivity contribution in [3.8, 4) is 0 Å². The van der Waals surface area contributed by atoms with Crippen LogP contribution in [0.4, 0.5) is 5.13 Å². The van der Waals surface area contributed by atoms with Gasteiger partial charge < -0.3 is 10.3 Å². The average Bonchev–Trinajstić information content (AvgIpc) is 2.95. The van der Waals surface area contributed by atoms with Crippen molar-refractivity contribution >= 4 is 22.4 Å². The molecule has 0 unspecified atom stereocenters. The molecule has 0 aliphatic carbocycles. The Morgan fingerprint density at radius 3 is 2.96 bits per heavy atom. The molecule has 2 N–H and O–H groups in total. The summed E-state index contributed by atoms with van der Waals surface area (Å²) in [7, 11) is 0. The smallest absolute Gasteiger partial charge is 0.254 e. The maximum absolute atomic E-state index is 12.6. The summed E-state index contributed by atoms with van der Waals surface area (Å²) in [6.07, 6.45) is 3.67. The van der Waals surface area contributed by atoms with E-state index in [1.54, 1.807) is 13.1 Å². The molecule has 128 valence electrons. The number of nitrogens with one attached hydrogen (secondary N) is 2. The summed E-state index contributed by atoms with van der Waals surface area (Å²) in [5, 5.41) is 5.32. The average molecular weight is 347 g/mol. The molecule has 24 heavy (non-hydrogen) atoms. The topological polar surface area (TPSA) is 91.0 Å². The van der Waals surface area contributed by atoms with Crippen LogP contribution in [0.15, 0.2) is 16.4 Å². The van der Waals surface area contributed by atoms with E-state index in [0.717, 1.165) is 11.3 Å². The molecule has 0 saturated heterocycles. The number of aromatic nitrogens is 3. The third-order valence-corrected chi connectivity index (χ3v) is 4.99. The summed E-state index contributed by atoms with van der Waals surface area (Å²) in [5.41, 5.74) is 1.55. The Morgan fingerprint density at radius 2 is 2.25 bits per heavy atom. The molecule has 1 amide bonds. The first-order valence-electron chi connectivity index (χ1n) is 8.11. The van der Waals surface area contributed by atoms with Gasteiger partial charge in [-0.25, -0.2) is 9.97 Å². The minimum atomic E-state index is -0.233. The van der Waals surface area contributed by atoms with Gasteiger partial charge in [0.05, 0.1) is 11.7 Å². The van der Waals surface area contributed by atoms with E-state index in [1.165, 1.54) is 11.3 Å². The molecule has 1 aliphatic heterocycles. The van der Waals surface area contributed by atoms with Crippen LogP contribution in [0.2, 0.25) is 0 Å². The lowest BCUT2D eigenvalue weighted by molar-refractivity contribution is -0.121. The number of hydrogen-bond acceptors (Lipinski definition) is 6. The summed E-state index contributed by atoms with van der Waals surface area (Å²) >= 11 is 1.41. The largest absolute Gasteiger partial charge is 0.311 e. The number of fused-ring (bicyclic) bond motifs is 1. The van der Waals surface area contributed by atoms with E-state index in [2.05, 4.69) is 25.2 Å². The number of carbonyl (C=O) groups is 1. The van der Waals surface area contributed by atoms with Crippen molar-refractivity contribution in [2.45, 2.75) is 39.2 Å². The number of carbonyl (C=O) groups excluding carboxylic acids is 1. The molecule has 1 atom stereocenters. The monoisotopic (exact) mass is 347 g/mol. The van der Waals surface area contributed by atoms with Gasteiger partial charge in [-0.1, -0.05) is 6.92 Å². The molecule has 1 aliphatic rings. The van der Waals surface area contributed by atoms with E-state index in [4.69, 9.17) is 0 Å². The van der Waals surface area contributed by atoms with E-state index in [1.807, 2.05) is 12.3 Å². The van der Waals surface area contributed by atoms with Crippen molar-refractivity contribution in [2.75, 3.05) is 18.4 Å². The van der Waals surface area contributed by atoms with E-state index >= 15 is 0 Å². The van der Waals surface area contributed by atoms with Crippen LogP contribution >= 0.6 is 11.3 Å². The second-order valence-corrected chi connectivity index (χ2v) is 6.76. The summed E-state index contributed by atoms with van der Waals surface area (Å²) in [6, 6.07) is -0.233. The maximum atomic E-state index is 12.6. The SMILES string of the molecule is CC[C@@H](C(=O)Nc1nccs1)N1CCc2nc(C)[nH]c(=O)c2CC1. The first kappa shape index (κ1) is 16.8. The first-order valence-corrected chi connectivity index (χ1v) is 8.99. The Bertz CT molecular complexity index is 771. The minimum Gasteiger partial charge on any atom is -0.311 e. The van der Waals surface area contributed by atoms with Crippen LogP contribution in [0, 0.1) is 6.92 Å². The van der Waals surface area contributed by atoms with Gasteiger partial charge in [-0.15, -0.1) is 11.3 Å². The lowest BCUT2D eigenvalue weighted by atomic mass is 10.1. The van der Waals surface area contributed by atoms with Gasteiger partial charge >= 0.3 is 0 Å². The Balaban J connectivity index is 1.74. The summed E-state index contributed by atoms with van der Waals surface area (Å²) < 4.78 is 0. The van der Waals surface area contributed by atoms with Crippen LogP contribution in [0.25, 0.3) is 0 Å². The number of nitrogens with zero attached hydrogens (tertiary/aromatic N) is 3. The minimum absolute atomic E-state index is 0.0449. The molecule has 3 heterocycles. The third kappa shape index (κ3) is 3.54. The summed E-state index contributed by atoms with van der Waals surface area (Å²) in [4.78, 5) is 38.2. The summed E-state index contributed by atoms with van der Waals surface area (Å²) in [5.74, 6) is 0.595. The maximum Gasteiger partial charge on any atom is 0.254 e. The molecule has 0 spiro atoms. The van der Waals surface area contributed by atoms with Gasteiger partial charge in [0, 0.05) is 36.7 Å². The van der Waals surface area contributed by atoms with Crippen molar-refractivity contribution in [3.63, 3.8) is 0 Å². The number of hydrogen-bond donors (Lipinski definition) is 2. The van der Waals surface area contributed by atoms with E-state index < -0.39 is 0 Å². The van der Waals surface area contributed by atoms with Gasteiger partial charge in [-0.2, -0.15) is 0 Å². The molecule has 0 fully saturated rings. The number of thiazole rings is 1. The molecule has 2 aromatic rings. The van der Waals surface area contributed by atoms with Crippen LogP contribution in [0.3, 0.4) is 0 Å². The van der Waals surface area contributed by atoms with Crippen molar-refractivity contribution in [1.29, 1.82) is 0 Å². The lowest BCUT2D eigenvalue weighted by Crippen LogP contribution is -2.45. The standard InChI is InChI=1S/C16H21N5O2S/c1-3-13(15(23)20-16-17-6-9-24-16)21-7-4-11-12(5-8-21)18-10(2)19-14(11)22/h6,9,13H,3-5,7-8H2,1-2H3,(H,17,20,23)(H,18,19,22)/t13-/m0/s1. The molecular formula is C16H21N5O2S. The zero-order valence-electron chi connectivity index (χ0n) is 13.8. The zero-order chi connectivity index (χ0) is 17.1. The number of anilines is 1. The zero-order valence-corrected chi connectivity index (χ0v) is 14.7. The highest BCUT2D eigenvalue weighted by atomic mass is 32.1. The van der Waals surface area contributed by atoms with Crippen molar-refractivity contribution in [1.82, 2.24) is 19.9 Å². The number of H-pyrrole nitrogens is 1. The van der Waals surface area contributed by atoms with E-state index in [-0.39, 0.29) is 17.5 Å². The molecular weight excluding hydrogens is 326 g/mol. The Labute approximate surface area is 144 Å². The molecule has 7 nitrogen and oxygen atoms in total. The lowest BCUT2D eigenvalue weighted by Gasteiger charge is -2.28. The van der Waals surface area contributed by atoms with E-state index in [0.29, 0.717) is 43.3 Å². The fraction of sp³-hybridized carbons (Fsp3) is 0.500. The van der Waals surface area contributed by atoms with Crippen LogP contribution in [-0.2, 0) is 17.6 Å². The van der Waals surface area contributed by atoms with Gasteiger partial charge in [0.1, 0.15) is 5.82 Å². The third-order valence-electron chi connectivity index (χ3n) is 4.30. The normalized spacial score (nSPS) is 16.2. The highest BCUT2D eigenvalue weighted by molar-refractivity contribution is 7.13. The van der Waals surface area contributed by atoms with Crippen molar-refractivity contribution in [3.05, 3.63) is 39.0 Å². The Morgan fingerprint density at radius 1 is 1.46 bits per heavy atom. The van der Waals surface area contributed by atoms with Crippen molar-refractivity contribution < 1.29 is 4.79 Å². The highest BCUT2D eigenvalue weighted by Crippen LogP contribution is 2.17. The van der Waals surface area contributed by atoms with Gasteiger partial charge in [0.15, 0.2) is 5.13 Å². The van der Waals surface area contributed by atoms with Crippen molar-refractivity contribution in [2.24, 2.45) is 0 Å². The predicted molar refractivity (Wildman–Crippen MR) is 93.4 cm³/mol. The Kier molecular flexibility index (Phi) is 5.06. The summed E-state index contributed by atoms with van der Waals surface area (Å²) in [6.45, 7) is 5.18. The molecule has 0 bridgehead atoms. The molecule has 2 aromatic heterocycles. The molecule has 3 rings (SSSR count). The van der Waals surface area contributed by atoms with Crippen LogP contribution in [-0.4, -0.2) is 44.9 Å². The van der Waals surface area contributed by atoms with Gasteiger partial charge in [0.2, 0.25) is 5.91 Å². The number of rotatable bonds is 4. The highest BCUT2D eigenvalue weighted by Gasteiger charge is 2.27. The van der Waals surface area contributed by atoms with Crippen LogP contribution in [0.5, 0.6) is 0 Å². The predicted octanol–water partition coefficient (Wildman–Crippen LogP) is 1.35. The first-order chi connectivity index (χ1) is 11.6. The second-order valence-electron chi connectivity index (χ2n) is 5.86. The van der Waals surface area contributed by atoms with E-state index in [9.17, 15) is 9.59 Å². The molecule has 0 radical (unpaired) electrons. The van der Waals surface area contributed by atoms with Gasteiger partial charge in [-0.05, 0) is 19.8 Å². The molecule has 0 saturated carbocycles. The second kappa shape index (κ2) is 7.23. The number of amides is 1. The quantitative estimate of drug-likeness (QED) is 0.871. The van der Waals surface area contributed by atoms with Crippen LogP contribution in [0.1, 0.15) is 30.4 Å². The number of aromatic amines is 1. The molecule has 0 aromatic carbocycles. The molecule has 8 heteroatoms. The fourth-order valence-electron chi connectivity index (χ4n) is 3.14.